The van der Waals surface area contributed by atoms with Gasteiger partial charge < -0.3 is 3.07 Å². The minimum absolute atomic E-state index is 0.683. The zero-order valence-electron chi connectivity index (χ0n) is 13.2. The van der Waals surface area contributed by atoms with Gasteiger partial charge in [0.1, 0.15) is 5.75 Å². The van der Waals surface area contributed by atoms with Crippen LogP contribution in [0.2, 0.25) is 0 Å². The first kappa shape index (κ1) is 15.8. The standard InChI is InChI=1S/C20H14IN3O/c21-25-18-14-8-7-13-17(18)20-22-19(15-9-3-1-4-10-15)23-24(20)16-11-5-2-6-12-16/h1-14H. The van der Waals surface area contributed by atoms with Gasteiger partial charge in [0.15, 0.2) is 34.7 Å². The topological polar surface area (TPSA) is 39.9 Å². The Kier molecular flexibility index (Phi) is 4.47. The lowest BCUT2D eigenvalue weighted by atomic mass is 10.2. The van der Waals surface area contributed by atoms with Crippen LogP contribution in [0.5, 0.6) is 5.75 Å². The van der Waals surface area contributed by atoms with E-state index in [1.807, 2.05) is 113 Å². The van der Waals surface area contributed by atoms with Crippen molar-refractivity contribution in [3.05, 3.63) is 84.9 Å². The Morgan fingerprint density at radius 2 is 1.40 bits per heavy atom. The maximum absolute atomic E-state index is 5.49. The van der Waals surface area contributed by atoms with E-state index in [2.05, 4.69) is 0 Å². The molecule has 1 heterocycles. The van der Waals surface area contributed by atoms with Crippen molar-refractivity contribution in [3.63, 3.8) is 0 Å². The first-order valence-electron chi connectivity index (χ1n) is 7.83. The van der Waals surface area contributed by atoms with Crippen LogP contribution in [0.25, 0.3) is 28.5 Å². The lowest BCUT2D eigenvalue weighted by Crippen LogP contribution is -2.00. The lowest BCUT2D eigenvalue weighted by molar-refractivity contribution is 0.716. The third kappa shape index (κ3) is 3.15. The Morgan fingerprint density at radius 3 is 2.12 bits per heavy atom. The maximum atomic E-state index is 5.49. The van der Waals surface area contributed by atoms with E-state index < -0.39 is 0 Å². The fourth-order valence-corrected chi connectivity index (χ4v) is 3.05. The summed E-state index contributed by atoms with van der Waals surface area (Å²) in [4.78, 5) is 4.80. The quantitative estimate of drug-likeness (QED) is 0.404. The highest BCUT2D eigenvalue weighted by molar-refractivity contribution is 14.1. The van der Waals surface area contributed by atoms with Crippen molar-refractivity contribution in [2.75, 3.05) is 0 Å². The van der Waals surface area contributed by atoms with Crippen molar-refractivity contribution in [2.45, 2.75) is 0 Å². The second kappa shape index (κ2) is 7.06. The normalized spacial score (nSPS) is 10.6. The first-order chi connectivity index (χ1) is 12.4. The van der Waals surface area contributed by atoms with E-state index in [9.17, 15) is 0 Å². The molecule has 4 rings (SSSR count). The number of rotatable bonds is 4. The van der Waals surface area contributed by atoms with E-state index in [0.29, 0.717) is 5.82 Å². The number of hydrogen-bond donors (Lipinski definition) is 0. The molecule has 5 heteroatoms. The van der Waals surface area contributed by atoms with Gasteiger partial charge in [0, 0.05) is 5.56 Å². The molecule has 1 aromatic heterocycles. The minimum Gasteiger partial charge on any atom is -0.427 e. The minimum atomic E-state index is 0.683. The van der Waals surface area contributed by atoms with Gasteiger partial charge in [0.05, 0.1) is 11.3 Å². The van der Waals surface area contributed by atoms with Gasteiger partial charge in [-0.15, -0.1) is 5.10 Å². The number of halogens is 1. The first-order valence-corrected chi connectivity index (χ1v) is 8.71. The van der Waals surface area contributed by atoms with Crippen molar-refractivity contribution in [2.24, 2.45) is 0 Å². The molecule has 0 bridgehead atoms. The number of benzene rings is 3. The van der Waals surface area contributed by atoms with Crippen molar-refractivity contribution in [1.82, 2.24) is 14.8 Å². The molecule has 0 aliphatic rings. The molecule has 0 N–H and O–H groups in total. The molecule has 0 spiro atoms. The summed E-state index contributed by atoms with van der Waals surface area (Å²) in [6, 6.07) is 27.8. The summed E-state index contributed by atoms with van der Waals surface area (Å²) in [5.74, 6) is 2.19. The third-order valence-electron chi connectivity index (χ3n) is 3.85. The van der Waals surface area contributed by atoms with Gasteiger partial charge in [-0.25, -0.2) is 9.67 Å². The summed E-state index contributed by atoms with van der Waals surface area (Å²) >= 11 is 1.89. The van der Waals surface area contributed by atoms with E-state index in [0.717, 1.165) is 28.4 Å². The summed E-state index contributed by atoms with van der Waals surface area (Å²) in [6.07, 6.45) is 0. The second-order valence-electron chi connectivity index (χ2n) is 5.45. The molecule has 0 atom stereocenters. The fourth-order valence-electron chi connectivity index (χ4n) is 2.66. The highest BCUT2D eigenvalue weighted by atomic mass is 127. The Morgan fingerprint density at radius 1 is 0.760 bits per heavy atom. The van der Waals surface area contributed by atoms with Crippen molar-refractivity contribution >= 4 is 23.0 Å². The molecule has 0 aliphatic carbocycles. The molecule has 4 aromatic rings. The predicted octanol–water partition coefficient (Wildman–Crippen LogP) is 5.33. The Labute approximate surface area is 159 Å². The Hall–Kier alpha value is -2.67. The van der Waals surface area contributed by atoms with Crippen LogP contribution in [0.3, 0.4) is 0 Å². The van der Waals surface area contributed by atoms with E-state index in [4.69, 9.17) is 13.1 Å². The Balaban J connectivity index is 1.94. The number of para-hydroxylation sites is 2. The van der Waals surface area contributed by atoms with Gasteiger partial charge in [-0.3, -0.25) is 0 Å². The van der Waals surface area contributed by atoms with Crippen molar-refractivity contribution in [3.8, 4) is 34.2 Å². The predicted molar refractivity (Wildman–Crippen MR) is 107 cm³/mol. The summed E-state index contributed by atoms with van der Waals surface area (Å²) < 4.78 is 7.35. The molecule has 0 aliphatic heterocycles. The van der Waals surface area contributed by atoms with Crippen LogP contribution in [0, 0.1) is 0 Å². The smallest absolute Gasteiger partial charge is 0.192 e. The van der Waals surface area contributed by atoms with E-state index in [1.54, 1.807) is 0 Å². The zero-order chi connectivity index (χ0) is 17.1. The van der Waals surface area contributed by atoms with Crippen LogP contribution in [-0.2, 0) is 0 Å². The Bertz CT molecular complexity index is 984. The van der Waals surface area contributed by atoms with Crippen LogP contribution in [-0.4, -0.2) is 14.8 Å². The van der Waals surface area contributed by atoms with Crippen LogP contribution < -0.4 is 3.07 Å². The van der Waals surface area contributed by atoms with Crippen LogP contribution in [0.4, 0.5) is 0 Å². The van der Waals surface area contributed by atoms with E-state index >= 15 is 0 Å². The summed E-state index contributed by atoms with van der Waals surface area (Å²) in [5, 5.41) is 4.75. The molecule has 25 heavy (non-hydrogen) atoms. The summed E-state index contributed by atoms with van der Waals surface area (Å²) in [5.41, 5.74) is 2.83. The molecular weight excluding hydrogens is 425 g/mol. The molecule has 0 unspecified atom stereocenters. The van der Waals surface area contributed by atoms with Crippen molar-refractivity contribution in [1.29, 1.82) is 0 Å². The lowest BCUT2D eigenvalue weighted by Gasteiger charge is -2.08. The van der Waals surface area contributed by atoms with Crippen molar-refractivity contribution < 1.29 is 3.07 Å². The van der Waals surface area contributed by atoms with Gasteiger partial charge in [0.25, 0.3) is 0 Å². The van der Waals surface area contributed by atoms with Crippen LogP contribution >= 0.6 is 23.0 Å². The zero-order valence-corrected chi connectivity index (χ0v) is 15.4. The molecule has 122 valence electrons. The van der Waals surface area contributed by atoms with E-state index in [-0.39, 0.29) is 0 Å². The van der Waals surface area contributed by atoms with Gasteiger partial charge in [-0.05, 0) is 24.3 Å². The average molecular weight is 439 g/mol. The maximum Gasteiger partial charge on any atom is 0.192 e. The average Bonchev–Trinajstić information content (AvgIpc) is 3.14. The molecule has 4 nitrogen and oxygen atoms in total. The summed E-state index contributed by atoms with van der Waals surface area (Å²) in [6.45, 7) is 0. The highest BCUT2D eigenvalue weighted by Gasteiger charge is 2.17. The monoisotopic (exact) mass is 439 g/mol. The second-order valence-corrected chi connectivity index (χ2v) is 5.89. The van der Waals surface area contributed by atoms with Gasteiger partial charge >= 0.3 is 0 Å². The molecule has 0 amide bonds. The molecule has 0 radical (unpaired) electrons. The van der Waals surface area contributed by atoms with Gasteiger partial charge in [-0.2, -0.15) is 0 Å². The molecule has 3 aromatic carbocycles. The number of aromatic nitrogens is 3. The molecular formula is C20H14IN3O. The van der Waals surface area contributed by atoms with Crippen LogP contribution in [0.15, 0.2) is 84.9 Å². The fraction of sp³-hybridized carbons (Fsp3) is 0. The summed E-state index contributed by atoms with van der Waals surface area (Å²) in [7, 11) is 0. The molecule has 0 fully saturated rings. The third-order valence-corrected chi connectivity index (χ3v) is 4.33. The van der Waals surface area contributed by atoms with Crippen LogP contribution in [0.1, 0.15) is 0 Å². The van der Waals surface area contributed by atoms with Gasteiger partial charge in [-0.1, -0.05) is 60.7 Å². The highest BCUT2D eigenvalue weighted by Crippen LogP contribution is 2.32. The SMILES string of the molecule is IOc1ccccc1-c1nc(-c2ccccc2)nn1-c1ccccc1. The molecule has 0 saturated carbocycles. The van der Waals surface area contributed by atoms with Gasteiger partial charge in [0.2, 0.25) is 0 Å². The van der Waals surface area contributed by atoms with E-state index in [1.165, 1.54) is 0 Å². The number of nitrogens with zero attached hydrogens (tertiary/aromatic N) is 3. The largest absolute Gasteiger partial charge is 0.427 e. The molecule has 0 saturated heterocycles. The number of hydrogen-bond acceptors (Lipinski definition) is 3.